The average molecular weight is 636 g/mol. The summed E-state index contributed by atoms with van der Waals surface area (Å²) in [5.41, 5.74) is 13.1. The minimum absolute atomic E-state index is 0.270. The Morgan fingerprint density at radius 3 is 1.73 bits per heavy atom. The van der Waals surface area contributed by atoms with Crippen molar-refractivity contribution in [1.82, 2.24) is 15.0 Å². The smallest absolute Gasteiger partial charge is 0.182 e. The van der Waals surface area contributed by atoms with E-state index in [4.69, 9.17) is 19.4 Å². The average Bonchev–Trinajstić information content (AvgIpc) is 3.65. The van der Waals surface area contributed by atoms with Crippen molar-refractivity contribution in [3.63, 3.8) is 0 Å². The van der Waals surface area contributed by atoms with E-state index < -0.39 is 0 Å². The van der Waals surface area contributed by atoms with Gasteiger partial charge in [0.15, 0.2) is 17.8 Å². The lowest BCUT2D eigenvalue weighted by atomic mass is 9.48. The van der Waals surface area contributed by atoms with E-state index in [1.165, 1.54) is 44.1 Å². The molecule has 4 aliphatic carbocycles. The van der Waals surface area contributed by atoms with Gasteiger partial charge in [-0.25, -0.2) is 15.0 Å². The fraction of sp³-hybridized carbons (Fsp3) is 0.222. The normalized spacial score (nSPS) is 22.5. The lowest BCUT2D eigenvalue weighted by molar-refractivity contribution is -0.00457. The zero-order valence-corrected chi connectivity index (χ0v) is 27.4. The molecule has 4 saturated carbocycles. The minimum Gasteiger partial charge on any atom is -0.443 e. The Morgan fingerprint density at radius 2 is 1.06 bits per heavy atom. The number of fused-ring (bicyclic) bond motifs is 1. The van der Waals surface area contributed by atoms with Gasteiger partial charge in [0.2, 0.25) is 0 Å². The first-order valence-electron chi connectivity index (χ1n) is 17.8. The first-order chi connectivity index (χ1) is 24.2. The van der Waals surface area contributed by atoms with Crippen molar-refractivity contribution in [2.45, 2.75) is 43.9 Å². The van der Waals surface area contributed by atoms with Crippen molar-refractivity contribution < 1.29 is 4.42 Å². The SMILES string of the molecule is c1ccc(-c2cc(-c3cccc(-c4cccc(-c5ccc(C67CC8CC(CC(C8)C6)C7)c6ncoc56)c4)c3)nc(-c3ccccc3)n2)cc1. The molecular weight excluding hydrogens is 599 g/mol. The second-order valence-electron chi connectivity index (χ2n) is 14.7. The van der Waals surface area contributed by atoms with Crippen molar-refractivity contribution in [3.05, 3.63) is 139 Å². The molecule has 49 heavy (non-hydrogen) atoms. The van der Waals surface area contributed by atoms with Crippen molar-refractivity contribution in [1.29, 1.82) is 0 Å². The van der Waals surface area contributed by atoms with Gasteiger partial charge in [-0.05, 0) is 102 Å². The van der Waals surface area contributed by atoms with Crippen LogP contribution in [0.15, 0.2) is 138 Å². The van der Waals surface area contributed by atoms with Crippen molar-refractivity contribution >= 4 is 11.1 Å². The predicted molar refractivity (Wildman–Crippen MR) is 197 cm³/mol. The van der Waals surface area contributed by atoms with Crippen LogP contribution in [0.1, 0.15) is 44.1 Å². The second-order valence-corrected chi connectivity index (χ2v) is 14.7. The van der Waals surface area contributed by atoms with E-state index in [0.29, 0.717) is 0 Å². The van der Waals surface area contributed by atoms with Crippen molar-refractivity contribution in [2.75, 3.05) is 0 Å². The standard InChI is InChI=1S/C45H37N3O/c1-3-9-32(10-4-1)40-24-41(48-44(47-40)33-11-5-2-6-12-33)37-16-8-14-35(23-37)34-13-7-15-36(22-34)38-17-18-39(42-43(38)49-28-46-42)45-25-29-19-30(26-45)21-31(20-29)27-45/h1-18,22-24,28-31H,19-21,25-27H2. The van der Waals surface area contributed by atoms with Crippen LogP contribution in [0.3, 0.4) is 0 Å². The predicted octanol–water partition coefficient (Wildman–Crippen LogP) is 11.4. The lowest BCUT2D eigenvalue weighted by Gasteiger charge is -2.57. The third-order valence-corrected chi connectivity index (χ3v) is 11.6. The van der Waals surface area contributed by atoms with E-state index in [0.717, 1.165) is 85.0 Å². The quantitative estimate of drug-likeness (QED) is 0.182. The highest BCUT2D eigenvalue weighted by Gasteiger charge is 2.52. The second kappa shape index (κ2) is 11.4. The van der Waals surface area contributed by atoms with Crippen LogP contribution in [-0.4, -0.2) is 15.0 Å². The Bertz CT molecular complexity index is 2230. The van der Waals surface area contributed by atoms with Gasteiger partial charge >= 0.3 is 0 Å². The fourth-order valence-corrected chi connectivity index (χ4v) is 9.84. The highest BCUT2D eigenvalue weighted by atomic mass is 16.3. The van der Waals surface area contributed by atoms with Crippen LogP contribution in [-0.2, 0) is 5.41 Å². The minimum atomic E-state index is 0.270. The van der Waals surface area contributed by atoms with Crippen LogP contribution in [0.5, 0.6) is 0 Å². The van der Waals surface area contributed by atoms with Gasteiger partial charge in [0, 0.05) is 22.3 Å². The maximum Gasteiger partial charge on any atom is 0.182 e. The molecule has 0 amide bonds. The molecule has 4 bridgehead atoms. The van der Waals surface area contributed by atoms with Gasteiger partial charge in [-0.15, -0.1) is 0 Å². The molecular formula is C45H37N3O. The number of hydrogen-bond donors (Lipinski definition) is 0. The Hall–Kier alpha value is -5.35. The van der Waals surface area contributed by atoms with E-state index in [-0.39, 0.29) is 5.41 Å². The highest BCUT2D eigenvalue weighted by Crippen LogP contribution is 2.61. The fourth-order valence-electron chi connectivity index (χ4n) is 9.84. The number of rotatable bonds is 6. The number of aromatic nitrogens is 3. The van der Waals surface area contributed by atoms with Gasteiger partial charge < -0.3 is 4.42 Å². The Labute approximate surface area is 286 Å². The monoisotopic (exact) mass is 635 g/mol. The lowest BCUT2D eigenvalue weighted by Crippen LogP contribution is -2.48. The highest BCUT2D eigenvalue weighted by molar-refractivity contribution is 5.93. The zero-order chi connectivity index (χ0) is 32.4. The maximum absolute atomic E-state index is 6.20. The maximum atomic E-state index is 6.20. The molecule has 0 N–H and O–H groups in total. The summed E-state index contributed by atoms with van der Waals surface area (Å²) in [5.74, 6) is 3.38. The van der Waals surface area contributed by atoms with Crippen LogP contribution in [0.2, 0.25) is 0 Å². The van der Waals surface area contributed by atoms with E-state index >= 15 is 0 Å². The molecule has 4 fully saturated rings. The summed E-state index contributed by atoms with van der Waals surface area (Å²) in [5, 5.41) is 0. The van der Waals surface area contributed by atoms with E-state index in [1.54, 1.807) is 6.39 Å². The summed E-state index contributed by atoms with van der Waals surface area (Å²) in [4.78, 5) is 14.9. The largest absolute Gasteiger partial charge is 0.443 e. The first kappa shape index (κ1) is 28.6. The molecule has 7 aromatic rings. The Morgan fingerprint density at radius 1 is 0.510 bits per heavy atom. The van der Waals surface area contributed by atoms with Gasteiger partial charge in [0.05, 0.1) is 11.4 Å². The molecule has 0 atom stereocenters. The summed E-state index contributed by atoms with van der Waals surface area (Å²) in [7, 11) is 0. The van der Waals surface area contributed by atoms with Gasteiger partial charge in [-0.1, -0.05) is 109 Å². The molecule has 0 unspecified atom stereocenters. The molecule has 2 aromatic heterocycles. The van der Waals surface area contributed by atoms with Crippen molar-refractivity contribution in [2.24, 2.45) is 17.8 Å². The molecule has 5 aromatic carbocycles. The molecule has 2 heterocycles. The van der Waals surface area contributed by atoms with Gasteiger partial charge in [0.1, 0.15) is 5.52 Å². The summed E-state index contributed by atoms with van der Waals surface area (Å²) in [6.45, 7) is 0. The van der Waals surface area contributed by atoms with Gasteiger partial charge in [0.25, 0.3) is 0 Å². The van der Waals surface area contributed by atoms with Gasteiger partial charge in [-0.3, -0.25) is 0 Å². The van der Waals surface area contributed by atoms with Crippen LogP contribution < -0.4 is 0 Å². The molecule has 11 rings (SSSR count). The van der Waals surface area contributed by atoms with Crippen LogP contribution in [0, 0.1) is 17.8 Å². The topological polar surface area (TPSA) is 51.8 Å². The first-order valence-corrected chi connectivity index (χ1v) is 17.8. The molecule has 238 valence electrons. The summed E-state index contributed by atoms with van der Waals surface area (Å²) >= 11 is 0. The Kier molecular flexibility index (Phi) is 6.65. The van der Waals surface area contributed by atoms with Crippen LogP contribution in [0.25, 0.3) is 67.3 Å². The third kappa shape index (κ3) is 5.01. The Balaban J connectivity index is 1.02. The molecule has 4 aliphatic rings. The summed E-state index contributed by atoms with van der Waals surface area (Å²) in [6.07, 6.45) is 9.92. The zero-order valence-electron chi connectivity index (χ0n) is 27.4. The van der Waals surface area contributed by atoms with Gasteiger partial charge in [-0.2, -0.15) is 0 Å². The van der Waals surface area contributed by atoms with Crippen LogP contribution >= 0.6 is 0 Å². The number of hydrogen-bond acceptors (Lipinski definition) is 4. The molecule has 0 radical (unpaired) electrons. The van der Waals surface area contributed by atoms with E-state index in [2.05, 4.69) is 103 Å². The third-order valence-electron chi connectivity index (χ3n) is 11.6. The molecule has 4 nitrogen and oxygen atoms in total. The molecule has 4 heteroatoms. The summed E-state index contributed by atoms with van der Waals surface area (Å²) in [6, 6.07) is 44.9. The number of benzene rings is 5. The molecule has 0 spiro atoms. The van der Waals surface area contributed by atoms with E-state index in [1.807, 2.05) is 24.3 Å². The van der Waals surface area contributed by atoms with Crippen molar-refractivity contribution in [3.8, 4) is 56.2 Å². The molecule has 0 aliphatic heterocycles. The molecule has 0 saturated heterocycles. The number of nitrogens with zero attached hydrogens (tertiary/aromatic N) is 3. The summed E-state index contributed by atoms with van der Waals surface area (Å²) < 4.78 is 6.20. The number of oxazole rings is 1. The van der Waals surface area contributed by atoms with E-state index in [9.17, 15) is 0 Å². The van der Waals surface area contributed by atoms with Crippen LogP contribution in [0.4, 0.5) is 0 Å².